The summed E-state index contributed by atoms with van der Waals surface area (Å²) in [6, 6.07) is 10.3. The number of nitro groups is 1. The van der Waals surface area contributed by atoms with E-state index in [2.05, 4.69) is 0 Å². The first kappa shape index (κ1) is 22.6. The van der Waals surface area contributed by atoms with Crippen LogP contribution in [0.4, 0.5) is 5.69 Å². The quantitative estimate of drug-likeness (QED) is 0.350. The molecule has 0 aromatic heterocycles. The van der Waals surface area contributed by atoms with Gasteiger partial charge in [0.2, 0.25) is 0 Å². The zero-order valence-corrected chi connectivity index (χ0v) is 17.7. The Bertz CT molecular complexity index is 1020. The Morgan fingerprint density at radius 3 is 2.52 bits per heavy atom. The maximum Gasteiger partial charge on any atom is 0.306 e. The molecule has 29 heavy (non-hydrogen) atoms. The summed E-state index contributed by atoms with van der Waals surface area (Å²) in [5.41, 5.74) is 0.458. The number of halogens is 1. The van der Waals surface area contributed by atoms with Crippen LogP contribution >= 0.6 is 11.6 Å². The first-order valence-electron chi connectivity index (χ1n) is 8.68. The summed E-state index contributed by atoms with van der Waals surface area (Å²) in [4.78, 5) is 25.0. The Morgan fingerprint density at radius 2 is 1.93 bits per heavy atom. The van der Waals surface area contributed by atoms with Crippen LogP contribution in [0.15, 0.2) is 42.5 Å². The van der Waals surface area contributed by atoms with Crippen molar-refractivity contribution in [1.82, 2.24) is 4.90 Å². The van der Waals surface area contributed by atoms with E-state index in [9.17, 15) is 23.3 Å². The monoisotopic (exact) mass is 440 g/mol. The summed E-state index contributed by atoms with van der Waals surface area (Å²) < 4.78 is 27.6. The molecular formula is C19H21ClN2O6S. The summed E-state index contributed by atoms with van der Waals surface area (Å²) in [6.45, 7) is 4.45. The minimum absolute atomic E-state index is 0.0485. The van der Waals surface area contributed by atoms with Gasteiger partial charge < -0.3 is 9.08 Å². The van der Waals surface area contributed by atoms with Gasteiger partial charge in [0, 0.05) is 24.7 Å². The van der Waals surface area contributed by atoms with E-state index >= 15 is 0 Å². The summed E-state index contributed by atoms with van der Waals surface area (Å²) in [6.07, 6.45) is 0.946. The molecule has 0 atom stereocenters. The second-order valence-corrected chi connectivity index (χ2v) is 8.92. The molecule has 8 nitrogen and oxygen atoms in total. The van der Waals surface area contributed by atoms with Crippen LogP contribution in [0.2, 0.25) is 5.02 Å². The maximum atomic E-state index is 13.0. The molecule has 0 fully saturated rings. The molecule has 0 N–H and O–H groups in total. The van der Waals surface area contributed by atoms with Gasteiger partial charge in [0.05, 0.1) is 11.2 Å². The lowest BCUT2D eigenvalue weighted by atomic mass is 10.1. The van der Waals surface area contributed by atoms with Gasteiger partial charge in [0.15, 0.2) is 0 Å². The maximum absolute atomic E-state index is 13.0. The number of nitrogens with zero attached hydrogens (tertiary/aromatic N) is 2. The lowest BCUT2D eigenvalue weighted by molar-refractivity contribution is -0.384. The molecule has 2 aromatic rings. The SMILES string of the molecule is CC(C)CN(Cc1cccc(OS(C)(=O)=O)c1)C(=O)c1ccc(Cl)c([N+](=O)[O-])c1. The van der Waals surface area contributed by atoms with Crippen molar-refractivity contribution in [2.45, 2.75) is 20.4 Å². The van der Waals surface area contributed by atoms with Crippen LogP contribution in [0, 0.1) is 16.0 Å². The number of benzene rings is 2. The summed E-state index contributed by atoms with van der Waals surface area (Å²) >= 11 is 5.83. The fourth-order valence-corrected chi connectivity index (χ4v) is 3.36. The minimum Gasteiger partial charge on any atom is -0.383 e. The number of hydrogen-bond donors (Lipinski definition) is 0. The number of hydrogen-bond acceptors (Lipinski definition) is 6. The van der Waals surface area contributed by atoms with Crippen LogP contribution in [0.1, 0.15) is 29.8 Å². The highest BCUT2D eigenvalue weighted by atomic mass is 35.5. The molecular weight excluding hydrogens is 420 g/mol. The van der Waals surface area contributed by atoms with Crippen molar-refractivity contribution >= 4 is 33.3 Å². The second-order valence-electron chi connectivity index (χ2n) is 6.94. The molecule has 0 saturated heterocycles. The molecule has 10 heteroatoms. The Hall–Kier alpha value is -2.65. The molecule has 0 unspecified atom stereocenters. The van der Waals surface area contributed by atoms with E-state index in [4.69, 9.17) is 15.8 Å². The zero-order chi connectivity index (χ0) is 21.8. The van der Waals surface area contributed by atoms with Crippen LogP contribution in [-0.2, 0) is 16.7 Å². The highest BCUT2D eigenvalue weighted by Gasteiger charge is 2.22. The Morgan fingerprint density at radius 1 is 1.24 bits per heavy atom. The third-order valence-electron chi connectivity index (χ3n) is 3.78. The number of rotatable bonds is 8. The molecule has 0 spiro atoms. The molecule has 2 rings (SSSR count). The van der Waals surface area contributed by atoms with Gasteiger partial charge in [-0.05, 0) is 35.7 Å². The summed E-state index contributed by atoms with van der Waals surface area (Å²) in [5, 5.41) is 11.1. The number of amides is 1. The van der Waals surface area contributed by atoms with E-state index in [-0.39, 0.29) is 34.5 Å². The van der Waals surface area contributed by atoms with E-state index in [0.717, 1.165) is 12.3 Å². The average molecular weight is 441 g/mol. The predicted molar refractivity (Wildman–Crippen MR) is 110 cm³/mol. The Labute approximate surface area is 174 Å². The van der Waals surface area contributed by atoms with Gasteiger partial charge in [-0.2, -0.15) is 8.42 Å². The third kappa shape index (κ3) is 6.72. The number of carbonyl (C=O) groups is 1. The summed E-state index contributed by atoms with van der Waals surface area (Å²) in [7, 11) is -3.67. The van der Waals surface area contributed by atoms with Crippen molar-refractivity contribution in [3.8, 4) is 5.75 Å². The van der Waals surface area contributed by atoms with Gasteiger partial charge in [0.25, 0.3) is 11.6 Å². The second kappa shape index (κ2) is 9.23. The van der Waals surface area contributed by atoms with E-state index in [1.165, 1.54) is 29.2 Å². The summed E-state index contributed by atoms with van der Waals surface area (Å²) in [5.74, 6) is -0.117. The van der Waals surface area contributed by atoms with Crippen LogP contribution in [0.25, 0.3) is 0 Å². The molecule has 0 radical (unpaired) electrons. The van der Waals surface area contributed by atoms with E-state index in [1.807, 2.05) is 13.8 Å². The molecule has 0 bridgehead atoms. The van der Waals surface area contributed by atoms with Crippen molar-refractivity contribution < 1.29 is 22.3 Å². The predicted octanol–water partition coefficient (Wildman–Crippen LogP) is 3.89. The fraction of sp³-hybridized carbons (Fsp3) is 0.316. The number of nitro benzene ring substituents is 1. The largest absolute Gasteiger partial charge is 0.383 e. The normalized spacial score (nSPS) is 11.3. The molecule has 2 aromatic carbocycles. The first-order chi connectivity index (χ1) is 13.5. The lowest BCUT2D eigenvalue weighted by Crippen LogP contribution is -2.33. The van der Waals surface area contributed by atoms with E-state index in [0.29, 0.717) is 12.1 Å². The van der Waals surface area contributed by atoms with Gasteiger partial charge in [0.1, 0.15) is 10.8 Å². The Kier molecular flexibility index (Phi) is 7.21. The average Bonchev–Trinajstić information content (AvgIpc) is 2.59. The van der Waals surface area contributed by atoms with E-state index in [1.54, 1.807) is 12.1 Å². The molecule has 156 valence electrons. The van der Waals surface area contributed by atoms with Crippen molar-refractivity contribution in [3.63, 3.8) is 0 Å². The van der Waals surface area contributed by atoms with Crippen LogP contribution < -0.4 is 4.18 Å². The van der Waals surface area contributed by atoms with Crippen LogP contribution in [-0.4, -0.2) is 36.9 Å². The van der Waals surface area contributed by atoms with Gasteiger partial charge in [-0.25, -0.2) is 0 Å². The van der Waals surface area contributed by atoms with Crippen LogP contribution in [0.5, 0.6) is 5.75 Å². The Balaban J connectivity index is 2.33. The molecule has 0 aliphatic rings. The van der Waals surface area contributed by atoms with Crippen molar-refractivity contribution in [2.24, 2.45) is 5.92 Å². The standard InChI is InChI=1S/C19H21ClN2O6S/c1-13(2)11-21(12-14-5-4-6-16(9-14)28-29(3,26)27)19(23)15-7-8-17(20)18(10-15)22(24)25/h4-10,13H,11-12H2,1-3H3. The molecule has 0 saturated carbocycles. The lowest BCUT2D eigenvalue weighted by Gasteiger charge is -2.25. The highest BCUT2D eigenvalue weighted by molar-refractivity contribution is 7.86. The van der Waals surface area contributed by atoms with Crippen molar-refractivity contribution in [3.05, 3.63) is 68.7 Å². The van der Waals surface area contributed by atoms with Crippen molar-refractivity contribution in [2.75, 3.05) is 12.8 Å². The van der Waals surface area contributed by atoms with E-state index < -0.39 is 20.9 Å². The fourth-order valence-electron chi connectivity index (χ4n) is 2.72. The van der Waals surface area contributed by atoms with Gasteiger partial charge in [-0.1, -0.05) is 37.6 Å². The first-order valence-corrected chi connectivity index (χ1v) is 10.9. The highest BCUT2D eigenvalue weighted by Crippen LogP contribution is 2.26. The van der Waals surface area contributed by atoms with Crippen LogP contribution in [0.3, 0.4) is 0 Å². The third-order valence-corrected chi connectivity index (χ3v) is 4.60. The molecule has 0 aliphatic heterocycles. The minimum atomic E-state index is -3.67. The van der Waals surface area contributed by atoms with Gasteiger partial charge in [-0.3, -0.25) is 14.9 Å². The van der Waals surface area contributed by atoms with Gasteiger partial charge >= 0.3 is 10.1 Å². The number of carbonyl (C=O) groups excluding carboxylic acids is 1. The van der Waals surface area contributed by atoms with Gasteiger partial charge in [-0.15, -0.1) is 0 Å². The molecule has 1 amide bonds. The topological polar surface area (TPSA) is 107 Å². The smallest absolute Gasteiger partial charge is 0.306 e. The molecule has 0 aliphatic carbocycles. The molecule has 0 heterocycles. The zero-order valence-electron chi connectivity index (χ0n) is 16.2. The van der Waals surface area contributed by atoms with Crippen molar-refractivity contribution in [1.29, 1.82) is 0 Å².